The minimum Gasteiger partial charge on any atom is -0.267 e. The van der Waals surface area contributed by atoms with Crippen molar-refractivity contribution in [3.05, 3.63) is 96.1 Å². The van der Waals surface area contributed by atoms with Gasteiger partial charge in [0.2, 0.25) is 0 Å². The summed E-state index contributed by atoms with van der Waals surface area (Å²) in [5, 5.41) is 4.19. The van der Waals surface area contributed by atoms with Crippen molar-refractivity contribution in [2.45, 2.75) is 6.92 Å². The van der Waals surface area contributed by atoms with Gasteiger partial charge in [0.1, 0.15) is 0 Å². The Bertz CT molecular complexity index is 838. The molecule has 0 unspecified atom stereocenters. The van der Waals surface area contributed by atoms with Gasteiger partial charge >= 0.3 is 0 Å². The first-order valence-electron chi connectivity index (χ1n) is 7.79. The van der Waals surface area contributed by atoms with Crippen LogP contribution in [0.15, 0.2) is 90.0 Å². The summed E-state index contributed by atoms with van der Waals surface area (Å²) in [5.41, 5.74) is 7.25. The van der Waals surface area contributed by atoms with E-state index in [0.717, 1.165) is 16.8 Å². The zero-order valence-electron chi connectivity index (χ0n) is 13.4. The molecule has 0 fully saturated rings. The molecule has 3 aromatic carbocycles. The van der Waals surface area contributed by atoms with Crippen molar-refractivity contribution < 1.29 is 4.79 Å². The van der Waals surface area contributed by atoms with E-state index in [4.69, 9.17) is 0 Å². The van der Waals surface area contributed by atoms with E-state index in [-0.39, 0.29) is 5.91 Å². The molecule has 3 aromatic rings. The summed E-state index contributed by atoms with van der Waals surface area (Å²) in [6.45, 7) is 1.88. The van der Waals surface area contributed by atoms with E-state index in [2.05, 4.69) is 34.8 Å². The molecule has 0 radical (unpaired) electrons. The summed E-state index contributed by atoms with van der Waals surface area (Å²) < 4.78 is 0. The molecule has 0 saturated heterocycles. The lowest BCUT2D eigenvalue weighted by molar-refractivity contribution is 0.0955. The fraction of sp³-hybridized carbons (Fsp3) is 0.0476. The van der Waals surface area contributed by atoms with E-state index in [0.29, 0.717) is 5.56 Å². The van der Waals surface area contributed by atoms with Crippen molar-refractivity contribution in [3.63, 3.8) is 0 Å². The molecular formula is C21H18N2O. The van der Waals surface area contributed by atoms with Gasteiger partial charge in [-0.3, -0.25) is 4.79 Å². The third kappa shape index (κ3) is 3.76. The summed E-state index contributed by atoms with van der Waals surface area (Å²) in [6, 6.07) is 27.4. The van der Waals surface area contributed by atoms with Crippen LogP contribution in [0.1, 0.15) is 22.8 Å². The number of carbonyl (C=O) groups is 1. The molecule has 0 aromatic heterocycles. The Labute approximate surface area is 141 Å². The number of nitrogens with zero attached hydrogens (tertiary/aromatic N) is 1. The first-order valence-corrected chi connectivity index (χ1v) is 7.79. The average Bonchev–Trinajstić information content (AvgIpc) is 2.67. The summed E-state index contributed by atoms with van der Waals surface area (Å²) in [6.07, 6.45) is 0. The van der Waals surface area contributed by atoms with Crippen LogP contribution < -0.4 is 5.43 Å². The minimum absolute atomic E-state index is 0.212. The highest BCUT2D eigenvalue weighted by Crippen LogP contribution is 2.19. The molecule has 0 heterocycles. The van der Waals surface area contributed by atoms with Crippen molar-refractivity contribution in [2.24, 2.45) is 5.10 Å². The van der Waals surface area contributed by atoms with E-state index in [1.165, 1.54) is 5.56 Å². The number of hydrogen-bond acceptors (Lipinski definition) is 2. The highest BCUT2D eigenvalue weighted by molar-refractivity contribution is 6.01. The molecular weight excluding hydrogens is 296 g/mol. The lowest BCUT2D eigenvalue weighted by Crippen LogP contribution is -2.19. The second-order valence-electron chi connectivity index (χ2n) is 5.45. The Kier molecular flexibility index (Phi) is 4.82. The zero-order chi connectivity index (χ0) is 16.8. The predicted molar refractivity (Wildman–Crippen MR) is 98.0 cm³/mol. The lowest BCUT2D eigenvalue weighted by atomic mass is 10.0. The van der Waals surface area contributed by atoms with Gasteiger partial charge in [0.25, 0.3) is 5.91 Å². The van der Waals surface area contributed by atoms with Gasteiger partial charge in [-0.1, -0.05) is 72.8 Å². The molecule has 0 spiro atoms. The van der Waals surface area contributed by atoms with E-state index in [1.54, 1.807) is 12.1 Å². The van der Waals surface area contributed by atoms with Crippen molar-refractivity contribution in [1.82, 2.24) is 5.43 Å². The Balaban J connectivity index is 1.71. The second-order valence-corrected chi connectivity index (χ2v) is 5.45. The van der Waals surface area contributed by atoms with Crippen molar-refractivity contribution in [1.29, 1.82) is 0 Å². The fourth-order valence-corrected chi connectivity index (χ4v) is 2.39. The van der Waals surface area contributed by atoms with Gasteiger partial charge in [-0.05, 0) is 35.7 Å². The van der Waals surface area contributed by atoms with Crippen molar-refractivity contribution in [2.75, 3.05) is 0 Å². The first-order chi connectivity index (χ1) is 11.7. The molecule has 0 atom stereocenters. The van der Waals surface area contributed by atoms with Crippen LogP contribution >= 0.6 is 0 Å². The van der Waals surface area contributed by atoms with Crippen molar-refractivity contribution >= 4 is 11.6 Å². The highest BCUT2D eigenvalue weighted by atomic mass is 16.2. The standard InChI is InChI=1S/C21H18N2O/c1-16(22-23-21(24)20-10-6-3-7-11-20)17-12-14-19(15-13-17)18-8-4-2-5-9-18/h2-15H,1H3,(H,23,24). The van der Waals surface area contributed by atoms with Crippen LogP contribution in [0, 0.1) is 0 Å². The maximum Gasteiger partial charge on any atom is 0.271 e. The number of nitrogens with one attached hydrogen (secondary N) is 1. The molecule has 24 heavy (non-hydrogen) atoms. The Morgan fingerprint density at radius 2 is 1.25 bits per heavy atom. The molecule has 0 bridgehead atoms. The molecule has 0 aliphatic heterocycles. The highest BCUT2D eigenvalue weighted by Gasteiger charge is 2.04. The van der Waals surface area contributed by atoms with Gasteiger partial charge < -0.3 is 0 Å². The van der Waals surface area contributed by atoms with Crippen LogP contribution in [0.5, 0.6) is 0 Å². The first kappa shape index (κ1) is 15.7. The van der Waals surface area contributed by atoms with Crippen molar-refractivity contribution in [3.8, 4) is 11.1 Å². The van der Waals surface area contributed by atoms with Crippen LogP contribution in [-0.4, -0.2) is 11.6 Å². The maximum absolute atomic E-state index is 12.0. The SMILES string of the molecule is CC(=NNC(=O)c1ccccc1)c1ccc(-c2ccccc2)cc1. The molecule has 1 amide bonds. The van der Waals surface area contributed by atoms with Gasteiger partial charge in [0.05, 0.1) is 5.71 Å². The third-order valence-corrected chi connectivity index (χ3v) is 3.77. The van der Waals surface area contributed by atoms with Gasteiger partial charge in [-0.25, -0.2) is 5.43 Å². The Morgan fingerprint density at radius 3 is 1.88 bits per heavy atom. The lowest BCUT2D eigenvalue weighted by Gasteiger charge is -2.05. The normalized spacial score (nSPS) is 11.1. The van der Waals surface area contributed by atoms with Crippen LogP contribution in [0.25, 0.3) is 11.1 Å². The molecule has 0 saturated carbocycles. The molecule has 0 aliphatic rings. The van der Waals surface area contributed by atoms with E-state index >= 15 is 0 Å². The third-order valence-electron chi connectivity index (χ3n) is 3.77. The predicted octanol–water partition coefficient (Wildman–Crippen LogP) is 4.51. The summed E-state index contributed by atoms with van der Waals surface area (Å²) in [4.78, 5) is 12.0. The number of carbonyl (C=O) groups excluding carboxylic acids is 1. The van der Waals surface area contributed by atoms with Crippen LogP contribution in [0.4, 0.5) is 0 Å². The minimum atomic E-state index is -0.212. The largest absolute Gasteiger partial charge is 0.271 e. The number of rotatable bonds is 4. The smallest absolute Gasteiger partial charge is 0.267 e. The molecule has 118 valence electrons. The zero-order valence-corrected chi connectivity index (χ0v) is 13.4. The van der Waals surface area contributed by atoms with Gasteiger partial charge in [-0.15, -0.1) is 0 Å². The monoisotopic (exact) mass is 314 g/mol. The van der Waals surface area contributed by atoms with Gasteiger partial charge in [0, 0.05) is 5.56 Å². The number of benzene rings is 3. The van der Waals surface area contributed by atoms with E-state index in [9.17, 15) is 4.79 Å². The van der Waals surface area contributed by atoms with Gasteiger partial charge in [0.15, 0.2) is 0 Å². The summed E-state index contributed by atoms with van der Waals surface area (Å²) in [7, 11) is 0. The molecule has 3 heteroatoms. The molecule has 1 N–H and O–H groups in total. The Morgan fingerprint density at radius 1 is 0.708 bits per heavy atom. The maximum atomic E-state index is 12.0. The number of hydrogen-bond donors (Lipinski definition) is 1. The van der Waals surface area contributed by atoms with Crippen LogP contribution in [0.2, 0.25) is 0 Å². The second kappa shape index (κ2) is 7.38. The fourth-order valence-electron chi connectivity index (χ4n) is 2.39. The molecule has 0 aliphatic carbocycles. The van der Waals surface area contributed by atoms with E-state index in [1.807, 2.05) is 55.5 Å². The van der Waals surface area contributed by atoms with Crippen LogP contribution in [-0.2, 0) is 0 Å². The van der Waals surface area contributed by atoms with Gasteiger partial charge in [-0.2, -0.15) is 5.10 Å². The van der Waals surface area contributed by atoms with Crippen LogP contribution in [0.3, 0.4) is 0 Å². The molecule has 3 rings (SSSR count). The summed E-state index contributed by atoms with van der Waals surface area (Å²) >= 11 is 0. The van der Waals surface area contributed by atoms with E-state index < -0.39 is 0 Å². The quantitative estimate of drug-likeness (QED) is 0.559. The average molecular weight is 314 g/mol. The summed E-state index contributed by atoms with van der Waals surface area (Å²) in [5.74, 6) is -0.212. The molecule has 3 nitrogen and oxygen atoms in total. The number of hydrazone groups is 1. The number of amides is 1. The topological polar surface area (TPSA) is 41.5 Å². The Hall–Kier alpha value is -3.20.